The molecule has 1 aliphatic carbocycles. The number of hydrogen-bond acceptors (Lipinski definition) is 3. The number of allylic oxidation sites excluding steroid dienone is 2. The first-order valence-corrected chi connectivity index (χ1v) is 3.23. The molecule has 1 rings (SSSR count). The maximum Gasteiger partial charge on any atom is 0.337 e. The molecule has 0 unspecified atom stereocenters. The van der Waals surface area contributed by atoms with E-state index in [0.29, 0.717) is 12.0 Å². The number of esters is 1. The van der Waals surface area contributed by atoms with Crippen molar-refractivity contribution in [2.75, 3.05) is 7.11 Å². The lowest BCUT2D eigenvalue weighted by Crippen LogP contribution is -2.07. The van der Waals surface area contributed by atoms with E-state index < -0.39 is 5.97 Å². The molecule has 0 N–H and O–H groups in total. The molecule has 0 aromatic carbocycles. The van der Waals surface area contributed by atoms with Crippen molar-refractivity contribution in [3.05, 3.63) is 23.8 Å². The highest BCUT2D eigenvalue weighted by Gasteiger charge is 2.11. The van der Waals surface area contributed by atoms with Crippen LogP contribution in [0.3, 0.4) is 0 Å². The van der Waals surface area contributed by atoms with Gasteiger partial charge in [-0.3, -0.25) is 4.79 Å². The van der Waals surface area contributed by atoms with Crippen molar-refractivity contribution in [1.29, 1.82) is 0 Å². The standard InChI is InChI=1S/C8H8O3/c1-11-8(10)6-3-2-4-7(9)5-6/h2-3,5H,4H2,1H3. The molecule has 0 radical (unpaired) electrons. The first-order valence-electron chi connectivity index (χ1n) is 3.23. The Kier molecular flexibility index (Phi) is 2.21. The minimum atomic E-state index is -0.464. The molecule has 0 spiro atoms. The van der Waals surface area contributed by atoms with E-state index in [9.17, 15) is 9.59 Å². The van der Waals surface area contributed by atoms with Gasteiger partial charge < -0.3 is 4.74 Å². The van der Waals surface area contributed by atoms with Crippen LogP contribution >= 0.6 is 0 Å². The lowest BCUT2D eigenvalue weighted by atomic mass is 10.1. The quantitative estimate of drug-likeness (QED) is 0.517. The zero-order valence-electron chi connectivity index (χ0n) is 6.16. The summed E-state index contributed by atoms with van der Waals surface area (Å²) >= 11 is 0. The Labute approximate surface area is 64.3 Å². The summed E-state index contributed by atoms with van der Waals surface area (Å²) in [5, 5.41) is 0. The Hall–Kier alpha value is -1.38. The largest absolute Gasteiger partial charge is 0.465 e. The van der Waals surface area contributed by atoms with Gasteiger partial charge in [-0.1, -0.05) is 12.2 Å². The third kappa shape index (κ3) is 1.77. The summed E-state index contributed by atoms with van der Waals surface area (Å²) in [5.74, 6) is -0.526. The van der Waals surface area contributed by atoms with Crippen molar-refractivity contribution in [3.8, 4) is 0 Å². The summed E-state index contributed by atoms with van der Waals surface area (Å²) in [5.41, 5.74) is 0.323. The Morgan fingerprint density at radius 2 is 2.36 bits per heavy atom. The molecule has 0 saturated carbocycles. The summed E-state index contributed by atoms with van der Waals surface area (Å²) in [6.45, 7) is 0. The van der Waals surface area contributed by atoms with E-state index in [0.717, 1.165) is 0 Å². The highest BCUT2D eigenvalue weighted by Crippen LogP contribution is 2.07. The Bertz CT molecular complexity index is 248. The van der Waals surface area contributed by atoms with E-state index in [2.05, 4.69) is 4.74 Å². The third-order valence-corrected chi connectivity index (χ3v) is 1.35. The third-order valence-electron chi connectivity index (χ3n) is 1.35. The summed E-state index contributed by atoms with van der Waals surface area (Å²) in [4.78, 5) is 21.6. The van der Waals surface area contributed by atoms with Crippen molar-refractivity contribution in [1.82, 2.24) is 0 Å². The van der Waals surface area contributed by atoms with Gasteiger partial charge in [0.2, 0.25) is 0 Å². The summed E-state index contributed by atoms with van der Waals surface area (Å²) in [6.07, 6.45) is 4.91. The van der Waals surface area contributed by atoms with Gasteiger partial charge in [-0.15, -0.1) is 0 Å². The van der Waals surface area contributed by atoms with Crippen LogP contribution in [-0.2, 0) is 14.3 Å². The number of hydrogen-bond donors (Lipinski definition) is 0. The van der Waals surface area contributed by atoms with Crippen LogP contribution in [0.2, 0.25) is 0 Å². The molecule has 0 heterocycles. The highest BCUT2D eigenvalue weighted by molar-refractivity contribution is 6.03. The second-order valence-corrected chi connectivity index (χ2v) is 2.16. The molecule has 0 atom stereocenters. The van der Waals surface area contributed by atoms with Crippen LogP contribution in [-0.4, -0.2) is 18.9 Å². The summed E-state index contributed by atoms with van der Waals surface area (Å²) < 4.78 is 4.43. The van der Waals surface area contributed by atoms with Crippen LogP contribution in [0.4, 0.5) is 0 Å². The molecular weight excluding hydrogens is 144 g/mol. The van der Waals surface area contributed by atoms with Crippen molar-refractivity contribution >= 4 is 11.8 Å². The van der Waals surface area contributed by atoms with Crippen LogP contribution < -0.4 is 0 Å². The lowest BCUT2D eigenvalue weighted by molar-refractivity contribution is -0.136. The van der Waals surface area contributed by atoms with Gasteiger partial charge in [0.05, 0.1) is 12.7 Å². The molecule has 0 amide bonds. The van der Waals surface area contributed by atoms with Gasteiger partial charge in [-0.05, 0) is 6.08 Å². The Morgan fingerprint density at radius 1 is 1.64 bits per heavy atom. The van der Waals surface area contributed by atoms with E-state index in [1.165, 1.54) is 13.2 Å². The van der Waals surface area contributed by atoms with Crippen LogP contribution in [0.5, 0.6) is 0 Å². The number of ether oxygens (including phenoxy) is 1. The fourth-order valence-electron chi connectivity index (χ4n) is 0.827. The average molecular weight is 152 g/mol. The van der Waals surface area contributed by atoms with Gasteiger partial charge in [0.1, 0.15) is 0 Å². The molecule has 11 heavy (non-hydrogen) atoms. The van der Waals surface area contributed by atoms with E-state index >= 15 is 0 Å². The zero-order chi connectivity index (χ0) is 8.27. The molecule has 0 aromatic heterocycles. The molecule has 3 nitrogen and oxygen atoms in total. The molecule has 0 aliphatic heterocycles. The topological polar surface area (TPSA) is 43.4 Å². The molecule has 0 bridgehead atoms. The number of carbonyl (C=O) groups is 2. The van der Waals surface area contributed by atoms with Crippen LogP contribution in [0.1, 0.15) is 6.42 Å². The van der Waals surface area contributed by atoms with E-state index in [1.807, 2.05) is 0 Å². The predicted octanol–water partition coefficient (Wildman–Crippen LogP) is 0.615. The Morgan fingerprint density at radius 3 is 2.91 bits per heavy atom. The van der Waals surface area contributed by atoms with E-state index in [4.69, 9.17) is 0 Å². The monoisotopic (exact) mass is 152 g/mol. The van der Waals surface area contributed by atoms with Crippen molar-refractivity contribution in [2.45, 2.75) is 6.42 Å². The summed E-state index contributed by atoms with van der Waals surface area (Å²) in [6, 6.07) is 0. The summed E-state index contributed by atoms with van der Waals surface area (Å²) in [7, 11) is 1.29. The number of methoxy groups -OCH3 is 1. The Balaban J connectivity index is 2.79. The fraction of sp³-hybridized carbons (Fsp3) is 0.250. The second kappa shape index (κ2) is 3.14. The smallest absolute Gasteiger partial charge is 0.337 e. The van der Waals surface area contributed by atoms with E-state index in [1.54, 1.807) is 12.2 Å². The fourth-order valence-corrected chi connectivity index (χ4v) is 0.827. The first-order chi connectivity index (χ1) is 5.24. The van der Waals surface area contributed by atoms with Crippen molar-refractivity contribution in [2.24, 2.45) is 0 Å². The van der Waals surface area contributed by atoms with Gasteiger partial charge >= 0.3 is 5.97 Å². The van der Waals surface area contributed by atoms with E-state index in [-0.39, 0.29) is 5.78 Å². The van der Waals surface area contributed by atoms with Gasteiger partial charge in [-0.2, -0.15) is 0 Å². The predicted molar refractivity (Wildman–Crippen MR) is 38.9 cm³/mol. The van der Waals surface area contributed by atoms with Crippen LogP contribution in [0.25, 0.3) is 0 Å². The minimum absolute atomic E-state index is 0.0621. The molecule has 3 heteroatoms. The molecular formula is C8H8O3. The van der Waals surface area contributed by atoms with Gasteiger partial charge in [0.15, 0.2) is 5.78 Å². The van der Waals surface area contributed by atoms with Crippen LogP contribution in [0.15, 0.2) is 23.8 Å². The SMILES string of the molecule is COC(=O)C1=CC(=O)CC=C1. The molecule has 0 aromatic rings. The highest BCUT2D eigenvalue weighted by atomic mass is 16.5. The molecule has 58 valence electrons. The maximum absolute atomic E-state index is 10.8. The van der Waals surface area contributed by atoms with Crippen molar-refractivity contribution < 1.29 is 14.3 Å². The molecule has 0 saturated heterocycles. The van der Waals surface area contributed by atoms with Crippen molar-refractivity contribution in [3.63, 3.8) is 0 Å². The lowest BCUT2D eigenvalue weighted by Gasteiger charge is -2.02. The molecule has 1 aliphatic rings. The average Bonchev–Trinajstić information content (AvgIpc) is 2.03. The number of ketones is 1. The van der Waals surface area contributed by atoms with Gasteiger partial charge in [0, 0.05) is 6.42 Å². The van der Waals surface area contributed by atoms with Gasteiger partial charge in [-0.25, -0.2) is 4.79 Å². The second-order valence-electron chi connectivity index (χ2n) is 2.16. The zero-order valence-corrected chi connectivity index (χ0v) is 6.16. The van der Waals surface area contributed by atoms with Gasteiger partial charge in [0.25, 0.3) is 0 Å². The normalized spacial score (nSPS) is 16.1. The van der Waals surface area contributed by atoms with Crippen LogP contribution in [0, 0.1) is 0 Å². The minimum Gasteiger partial charge on any atom is -0.465 e. The molecule has 0 fully saturated rings. The number of rotatable bonds is 1. The first kappa shape index (κ1) is 7.72. The maximum atomic E-state index is 10.8. The number of carbonyl (C=O) groups excluding carboxylic acids is 2.